The summed E-state index contributed by atoms with van der Waals surface area (Å²) in [6.07, 6.45) is 1.11. The maximum Gasteiger partial charge on any atom is 0.165 e. The minimum absolute atomic E-state index is 0.378. The van der Waals surface area contributed by atoms with E-state index in [0.717, 1.165) is 31.1 Å². The van der Waals surface area contributed by atoms with Gasteiger partial charge in [0.2, 0.25) is 0 Å². The topological polar surface area (TPSA) is 55.6 Å². The van der Waals surface area contributed by atoms with Crippen LogP contribution in [0.4, 0.5) is 0 Å². The zero-order valence-electron chi connectivity index (χ0n) is 10.3. The summed E-state index contributed by atoms with van der Waals surface area (Å²) >= 11 is 1.96. The van der Waals surface area contributed by atoms with E-state index in [0.29, 0.717) is 6.04 Å². The number of rotatable bonds is 8. The summed E-state index contributed by atoms with van der Waals surface area (Å²) in [6, 6.07) is 0.378. The van der Waals surface area contributed by atoms with Crippen molar-refractivity contribution in [3.05, 3.63) is 5.82 Å². The van der Waals surface area contributed by atoms with Crippen LogP contribution in [0.15, 0.2) is 0 Å². The van der Waals surface area contributed by atoms with E-state index in [-0.39, 0.29) is 0 Å². The quantitative estimate of drug-likeness (QED) is 0.701. The maximum atomic E-state index is 4.05. The Labute approximate surface area is 101 Å². The van der Waals surface area contributed by atoms with Gasteiger partial charge in [0.15, 0.2) is 5.82 Å². The Bertz CT molecular complexity index is 288. The Morgan fingerprint density at radius 1 is 1.44 bits per heavy atom. The molecule has 0 amide bonds. The SMILES string of the molecule is CCNCc1nnnn1C(C)CCSCC. The lowest BCUT2D eigenvalue weighted by molar-refractivity contribution is 0.444. The van der Waals surface area contributed by atoms with Gasteiger partial charge in [-0.05, 0) is 41.8 Å². The second-order valence-corrected chi connectivity index (χ2v) is 5.05. The fraction of sp³-hybridized carbons (Fsp3) is 0.900. The van der Waals surface area contributed by atoms with Gasteiger partial charge in [0.1, 0.15) is 0 Å². The molecule has 0 aromatic carbocycles. The van der Waals surface area contributed by atoms with E-state index in [1.54, 1.807) is 0 Å². The summed E-state index contributed by atoms with van der Waals surface area (Å²) in [5.74, 6) is 3.26. The highest BCUT2D eigenvalue weighted by atomic mass is 32.2. The van der Waals surface area contributed by atoms with Gasteiger partial charge < -0.3 is 5.32 Å². The number of hydrogen-bond donors (Lipinski definition) is 1. The summed E-state index contributed by atoms with van der Waals surface area (Å²) in [6.45, 7) is 8.11. The van der Waals surface area contributed by atoms with Gasteiger partial charge in [-0.2, -0.15) is 11.8 Å². The Hall–Kier alpha value is -0.620. The lowest BCUT2D eigenvalue weighted by Crippen LogP contribution is -2.19. The van der Waals surface area contributed by atoms with Crippen LogP contribution in [0.1, 0.15) is 39.1 Å². The van der Waals surface area contributed by atoms with Gasteiger partial charge in [-0.25, -0.2) is 4.68 Å². The van der Waals surface area contributed by atoms with E-state index in [4.69, 9.17) is 0 Å². The largest absolute Gasteiger partial charge is 0.310 e. The molecule has 0 saturated heterocycles. The van der Waals surface area contributed by atoms with Gasteiger partial charge in [0, 0.05) is 0 Å². The minimum Gasteiger partial charge on any atom is -0.310 e. The second-order valence-electron chi connectivity index (χ2n) is 3.65. The van der Waals surface area contributed by atoms with Crippen LogP contribution >= 0.6 is 11.8 Å². The third-order valence-corrected chi connectivity index (χ3v) is 3.33. The monoisotopic (exact) mass is 243 g/mol. The molecule has 0 aliphatic rings. The molecule has 0 saturated carbocycles. The summed E-state index contributed by atoms with van der Waals surface area (Å²) in [5.41, 5.74) is 0. The molecular weight excluding hydrogens is 222 g/mol. The summed E-state index contributed by atoms with van der Waals surface area (Å²) in [5, 5.41) is 15.1. The van der Waals surface area contributed by atoms with Crippen LogP contribution in [0.25, 0.3) is 0 Å². The highest BCUT2D eigenvalue weighted by Crippen LogP contribution is 2.14. The summed E-state index contributed by atoms with van der Waals surface area (Å²) in [7, 11) is 0. The molecule has 1 aromatic rings. The van der Waals surface area contributed by atoms with Crippen molar-refractivity contribution in [3.63, 3.8) is 0 Å². The predicted octanol–water partition coefficient (Wildman–Crippen LogP) is 1.49. The highest BCUT2D eigenvalue weighted by molar-refractivity contribution is 7.99. The van der Waals surface area contributed by atoms with Gasteiger partial charge in [-0.15, -0.1) is 5.10 Å². The van der Waals surface area contributed by atoms with Crippen molar-refractivity contribution in [1.82, 2.24) is 25.5 Å². The Balaban J connectivity index is 2.46. The van der Waals surface area contributed by atoms with Crippen LogP contribution in [0, 0.1) is 0 Å². The van der Waals surface area contributed by atoms with Gasteiger partial charge >= 0.3 is 0 Å². The minimum atomic E-state index is 0.378. The third kappa shape index (κ3) is 4.09. The average molecular weight is 243 g/mol. The van der Waals surface area contributed by atoms with E-state index in [2.05, 4.69) is 41.6 Å². The lowest BCUT2D eigenvalue weighted by Gasteiger charge is -2.12. The molecular formula is C10H21N5S. The molecule has 6 heteroatoms. The van der Waals surface area contributed by atoms with Crippen LogP contribution in [0.5, 0.6) is 0 Å². The first kappa shape index (κ1) is 13.4. The molecule has 5 nitrogen and oxygen atoms in total. The van der Waals surface area contributed by atoms with Crippen molar-refractivity contribution in [2.24, 2.45) is 0 Å². The molecule has 1 rings (SSSR count). The zero-order chi connectivity index (χ0) is 11.8. The van der Waals surface area contributed by atoms with Crippen LogP contribution in [-0.2, 0) is 6.54 Å². The van der Waals surface area contributed by atoms with Gasteiger partial charge in [-0.1, -0.05) is 13.8 Å². The molecule has 1 atom stereocenters. The smallest absolute Gasteiger partial charge is 0.165 e. The second kappa shape index (κ2) is 7.62. The number of hydrogen-bond acceptors (Lipinski definition) is 5. The first-order valence-electron chi connectivity index (χ1n) is 5.84. The fourth-order valence-electron chi connectivity index (χ4n) is 1.43. The molecule has 0 aliphatic carbocycles. The highest BCUT2D eigenvalue weighted by Gasteiger charge is 2.11. The van der Waals surface area contributed by atoms with Crippen molar-refractivity contribution in [1.29, 1.82) is 0 Å². The van der Waals surface area contributed by atoms with Crippen molar-refractivity contribution in [2.45, 2.75) is 39.8 Å². The molecule has 16 heavy (non-hydrogen) atoms. The first-order valence-corrected chi connectivity index (χ1v) is 7.00. The normalized spacial score (nSPS) is 12.9. The number of aromatic nitrogens is 4. The maximum absolute atomic E-state index is 4.05. The third-order valence-electron chi connectivity index (χ3n) is 2.40. The number of nitrogens with one attached hydrogen (secondary N) is 1. The van der Waals surface area contributed by atoms with E-state index < -0.39 is 0 Å². The van der Waals surface area contributed by atoms with Crippen molar-refractivity contribution in [3.8, 4) is 0 Å². The van der Waals surface area contributed by atoms with Crippen molar-refractivity contribution < 1.29 is 0 Å². The van der Waals surface area contributed by atoms with Crippen LogP contribution < -0.4 is 5.32 Å². The molecule has 1 aromatic heterocycles. The molecule has 0 fully saturated rings. The number of tetrazole rings is 1. The van der Waals surface area contributed by atoms with E-state index in [1.807, 2.05) is 16.4 Å². The molecule has 0 bridgehead atoms. The molecule has 0 aliphatic heterocycles. The Morgan fingerprint density at radius 2 is 2.25 bits per heavy atom. The van der Waals surface area contributed by atoms with Crippen molar-refractivity contribution in [2.75, 3.05) is 18.1 Å². The number of thioether (sulfide) groups is 1. The van der Waals surface area contributed by atoms with E-state index in [9.17, 15) is 0 Å². The van der Waals surface area contributed by atoms with E-state index in [1.165, 1.54) is 5.75 Å². The lowest BCUT2D eigenvalue weighted by atomic mass is 10.2. The Kier molecular flexibility index (Phi) is 6.40. The average Bonchev–Trinajstić information content (AvgIpc) is 2.74. The molecule has 92 valence electrons. The first-order chi connectivity index (χ1) is 7.79. The number of nitrogens with zero attached hydrogens (tertiary/aromatic N) is 4. The molecule has 1 N–H and O–H groups in total. The summed E-state index contributed by atoms with van der Waals surface area (Å²) < 4.78 is 1.93. The van der Waals surface area contributed by atoms with Gasteiger partial charge in [0.25, 0.3) is 0 Å². The molecule has 1 unspecified atom stereocenters. The predicted molar refractivity (Wildman–Crippen MR) is 67.5 cm³/mol. The molecule has 0 radical (unpaired) electrons. The van der Waals surface area contributed by atoms with Crippen LogP contribution in [0.3, 0.4) is 0 Å². The Morgan fingerprint density at radius 3 is 2.94 bits per heavy atom. The van der Waals surface area contributed by atoms with E-state index >= 15 is 0 Å². The molecule has 1 heterocycles. The van der Waals surface area contributed by atoms with Gasteiger partial charge in [-0.3, -0.25) is 0 Å². The van der Waals surface area contributed by atoms with Crippen molar-refractivity contribution >= 4 is 11.8 Å². The summed E-state index contributed by atoms with van der Waals surface area (Å²) in [4.78, 5) is 0. The zero-order valence-corrected chi connectivity index (χ0v) is 11.1. The van der Waals surface area contributed by atoms with Crippen LogP contribution in [0.2, 0.25) is 0 Å². The fourth-order valence-corrected chi connectivity index (χ4v) is 2.22. The standard InChI is InChI=1S/C10H21N5S/c1-4-11-8-10-12-13-14-15(10)9(3)6-7-16-5-2/h9,11H,4-8H2,1-3H3. The van der Waals surface area contributed by atoms with Crippen LogP contribution in [-0.4, -0.2) is 38.3 Å². The van der Waals surface area contributed by atoms with Gasteiger partial charge in [0.05, 0.1) is 12.6 Å². The molecule has 0 spiro atoms.